The highest BCUT2D eigenvalue weighted by Crippen LogP contribution is 2.24. The fraction of sp³-hybridized carbons (Fsp3) is 0.462. The number of nitrogens with one attached hydrogen (secondary N) is 1. The lowest BCUT2D eigenvalue weighted by atomic mass is 10.4. The Morgan fingerprint density at radius 2 is 2.25 bits per heavy atom. The fourth-order valence-corrected chi connectivity index (χ4v) is 4.57. The van der Waals surface area contributed by atoms with Crippen LogP contribution in [0, 0.1) is 6.92 Å². The van der Waals surface area contributed by atoms with Crippen LogP contribution in [0.5, 0.6) is 0 Å². The molecule has 106 valence electrons. The van der Waals surface area contributed by atoms with E-state index < -0.39 is 0 Å². The topological polar surface area (TPSA) is 55.6 Å². The summed E-state index contributed by atoms with van der Waals surface area (Å²) in [6.07, 6.45) is 1.89. The van der Waals surface area contributed by atoms with Crippen LogP contribution in [0.3, 0.4) is 0 Å². The first-order valence-corrected chi connectivity index (χ1v) is 8.81. The van der Waals surface area contributed by atoms with Gasteiger partial charge in [-0.15, -0.1) is 10.2 Å². The molecular formula is C13H17N5S2. The Kier molecular flexibility index (Phi) is 4.47. The van der Waals surface area contributed by atoms with Crippen LogP contribution in [0.15, 0.2) is 24.4 Å². The normalized spacial score (nSPS) is 18.9. The molecule has 0 aliphatic carbocycles. The van der Waals surface area contributed by atoms with Crippen molar-refractivity contribution in [3.63, 3.8) is 0 Å². The van der Waals surface area contributed by atoms with Crippen molar-refractivity contribution in [2.45, 2.75) is 12.2 Å². The average Bonchev–Trinajstić information content (AvgIpc) is 2.93. The lowest BCUT2D eigenvalue weighted by Crippen LogP contribution is -2.23. The molecule has 20 heavy (non-hydrogen) atoms. The quantitative estimate of drug-likeness (QED) is 0.935. The summed E-state index contributed by atoms with van der Waals surface area (Å²) in [6.45, 7) is 2.91. The van der Waals surface area contributed by atoms with E-state index in [2.05, 4.69) is 20.6 Å². The number of hydrogen-bond acceptors (Lipinski definition) is 6. The number of anilines is 1. The molecule has 0 radical (unpaired) electrons. The predicted octanol–water partition coefficient (Wildman–Crippen LogP) is 2.23. The Labute approximate surface area is 126 Å². The van der Waals surface area contributed by atoms with Crippen molar-refractivity contribution in [2.24, 2.45) is 0 Å². The molecule has 0 spiro atoms. The molecular weight excluding hydrogens is 290 g/mol. The van der Waals surface area contributed by atoms with Crippen molar-refractivity contribution in [2.75, 3.05) is 29.1 Å². The minimum atomic E-state index is 0.670. The van der Waals surface area contributed by atoms with E-state index in [4.69, 9.17) is 0 Å². The van der Waals surface area contributed by atoms with Gasteiger partial charge in [0.2, 0.25) is 0 Å². The van der Waals surface area contributed by atoms with Gasteiger partial charge < -0.3 is 5.32 Å². The summed E-state index contributed by atoms with van der Waals surface area (Å²) < 4.78 is 1.74. The number of nitrogens with zero attached hydrogens (tertiary/aromatic N) is 4. The SMILES string of the molecule is Cc1ccn(-c2ccc(NCC3CSCCS3)nn2)n1. The molecule has 2 aromatic heterocycles. The summed E-state index contributed by atoms with van der Waals surface area (Å²) in [5.74, 6) is 5.31. The third-order valence-electron chi connectivity index (χ3n) is 3.00. The van der Waals surface area contributed by atoms with Gasteiger partial charge in [0, 0.05) is 35.3 Å². The molecule has 3 heterocycles. The summed E-state index contributed by atoms with van der Waals surface area (Å²) in [5.41, 5.74) is 0.973. The van der Waals surface area contributed by atoms with Crippen molar-refractivity contribution in [3.8, 4) is 5.82 Å². The smallest absolute Gasteiger partial charge is 0.175 e. The molecule has 7 heteroatoms. The van der Waals surface area contributed by atoms with Gasteiger partial charge in [-0.2, -0.15) is 28.6 Å². The number of rotatable bonds is 4. The second-order valence-corrected chi connectivity index (χ2v) is 7.19. The van der Waals surface area contributed by atoms with Gasteiger partial charge in [0.25, 0.3) is 0 Å². The largest absolute Gasteiger partial charge is 0.367 e. The van der Waals surface area contributed by atoms with Crippen LogP contribution in [-0.2, 0) is 0 Å². The number of thioether (sulfide) groups is 2. The summed E-state index contributed by atoms with van der Waals surface area (Å²) >= 11 is 4.07. The van der Waals surface area contributed by atoms with Crippen molar-refractivity contribution in [1.29, 1.82) is 0 Å². The summed E-state index contributed by atoms with van der Waals surface area (Å²) in [6, 6.07) is 5.84. The van der Waals surface area contributed by atoms with Gasteiger partial charge in [0.1, 0.15) is 5.82 Å². The first-order valence-electron chi connectivity index (χ1n) is 6.61. The molecule has 1 fully saturated rings. The van der Waals surface area contributed by atoms with E-state index in [0.717, 1.165) is 23.9 Å². The van der Waals surface area contributed by atoms with Gasteiger partial charge in [0.15, 0.2) is 5.82 Å². The number of hydrogen-bond donors (Lipinski definition) is 1. The van der Waals surface area contributed by atoms with Crippen LogP contribution in [-0.4, -0.2) is 49.0 Å². The van der Waals surface area contributed by atoms with Crippen LogP contribution in [0.1, 0.15) is 5.69 Å². The number of aromatic nitrogens is 4. The van der Waals surface area contributed by atoms with Gasteiger partial charge in [0.05, 0.1) is 5.69 Å². The summed E-state index contributed by atoms with van der Waals surface area (Å²) in [7, 11) is 0. The molecule has 1 aliphatic rings. The molecule has 0 amide bonds. The van der Waals surface area contributed by atoms with E-state index in [1.165, 1.54) is 17.3 Å². The van der Waals surface area contributed by atoms with Gasteiger partial charge >= 0.3 is 0 Å². The van der Waals surface area contributed by atoms with E-state index in [1.54, 1.807) is 4.68 Å². The Bertz CT molecular complexity index is 548. The van der Waals surface area contributed by atoms with Gasteiger partial charge in [-0.05, 0) is 25.1 Å². The molecule has 0 aromatic carbocycles. The highest BCUT2D eigenvalue weighted by Gasteiger charge is 2.14. The molecule has 0 saturated carbocycles. The number of aryl methyl sites for hydroxylation is 1. The highest BCUT2D eigenvalue weighted by molar-refractivity contribution is 8.06. The zero-order valence-corrected chi connectivity index (χ0v) is 13.0. The zero-order chi connectivity index (χ0) is 13.8. The summed E-state index contributed by atoms with van der Waals surface area (Å²) in [4.78, 5) is 0. The van der Waals surface area contributed by atoms with Crippen LogP contribution >= 0.6 is 23.5 Å². The molecule has 1 N–H and O–H groups in total. The maximum atomic E-state index is 4.32. The monoisotopic (exact) mass is 307 g/mol. The molecule has 1 atom stereocenters. The third-order valence-corrected chi connectivity index (χ3v) is 5.85. The predicted molar refractivity (Wildman–Crippen MR) is 86.0 cm³/mol. The van der Waals surface area contributed by atoms with Crippen LogP contribution in [0.25, 0.3) is 5.82 Å². The lowest BCUT2D eigenvalue weighted by Gasteiger charge is -2.21. The third kappa shape index (κ3) is 3.46. The van der Waals surface area contributed by atoms with Gasteiger partial charge in [-0.25, -0.2) is 4.68 Å². The van der Waals surface area contributed by atoms with Crippen molar-refractivity contribution in [1.82, 2.24) is 20.0 Å². The Hall–Kier alpha value is -1.21. The van der Waals surface area contributed by atoms with E-state index in [-0.39, 0.29) is 0 Å². The van der Waals surface area contributed by atoms with Crippen molar-refractivity contribution < 1.29 is 0 Å². The molecule has 0 bridgehead atoms. The fourth-order valence-electron chi connectivity index (χ4n) is 1.96. The van der Waals surface area contributed by atoms with Crippen molar-refractivity contribution >= 4 is 29.3 Å². The maximum Gasteiger partial charge on any atom is 0.175 e. The second kappa shape index (κ2) is 6.49. The second-order valence-electron chi connectivity index (χ2n) is 4.63. The minimum Gasteiger partial charge on any atom is -0.367 e. The molecule has 1 saturated heterocycles. The Morgan fingerprint density at radius 1 is 1.30 bits per heavy atom. The Balaban J connectivity index is 1.58. The Morgan fingerprint density at radius 3 is 2.90 bits per heavy atom. The van der Waals surface area contributed by atoms with Crippen LogP contribution in [0.4, 0.5) is 5.82 Å². The molecule has 3 rings (SSSR count). The van der Waals surface area contributed by atoms with Crippen molar-refractivity contribution in [3.05, 3.63) is 30.1 Å². The first-order chi connectivity index (χ1) is 9.81. The van der Waals surface area contributed by atoms with E-state index in [1.807, 2.05) is 54.8 Å². The van der Waals surface area contributed by atoms with Gasteiger partial charge in [-0.1, -0.05) is 0 Å². The maximum absolute atomic E-state index is 4.32. The van der Waals surface area contributed by atoms with E-state index in [0.29, 0.717) is 5.25 Å². The summed E-state index contributed by atoms with van der Waals surface area (Å²) in [5, 5.41) is 16.8. The minimum absolute atomic E-state index is 0.670. The zero-order valence-electron chi connectivity index (χ0n) is 11.3. The molecule has 5 nitrogen and oxygen atoms in total. The standard InChI is InChI=1S/C13H17N5S2/c1-10-4-5-18(17-10)13-3-2-12(15-16-13)14-8-11-9-19-6-7-20-11/h2-5,11H,6-9H2,1H3,(H,14,15). The lowest BCUT2D eigenvalue weighted by molar-refractivity contribution is 0.803. The van der Waals surface area contributed by atoms with E-state index in [9.17, 15) is 0 Å². The first kappa shape index (κ1) is 13.8. The van der Waals surface area contributed by atoms with Crippen LogP contribution in [0.2, 0.25) is 0 Å². The highest BCUT2D eigenvalue weighted by atomic mass is 32.2. The molecule has 1 aliphatic heterocycles. The van der Waals surface area contributed by atoms with E-state index >= 15 is 0 Å². The van der Waals surface area contributed by atoms with Gasteiger partial charge in [-0.3, -0.25) is 0 Å². The molecule has 2 aromatic rings. The average molecular weight is 307 g/mol. The van der Waals surface area contributed by atoms with Crippen LogP contribution < -0.4 is 5.32 Å². The molecule has 1 unspecified atom stereocenters.